The van der Waals surface area contributed by atoms with Crippen LogP contribution in [-0.4, -0.2) is 26.4 Å². The van der Waals surface area contributed by atoms with E-state index in [2.05, 4.69) is 0 Å². The topological polar surface area (TPSA) is 53.7 Å². The molecule has 0 aliphatic carbocycles. The molecule has 1 saturated heterocycles. The Hall–Kier alpha value is -0.810. The molecule has 0 spiro atoms. The van der Waals surface area contributed by atoms with Gasteiger partial charge in [-0.3, -0.25) is 0 Å². The van der Waals surface area contributed by atoms with Gasteiger partial charge in [-0.1, -0.05) is 17.7 Å². The van der Waals surface area contributed by atoms with Gasteiger partial charge < -0.3 is 19.9 Å². The van der Waals surface area contributed by atoms with Crippen LogP contribution < -0.4 is 10.5 Å². The molecule has 88 valence electrons. The molecule has 1 aromatic rings. The molecule has 1 aromatic carbocycles. The van der Waals surface area contributed by atoms with E-state index in [9.17, 15) is 0 Å². The molecule has 5 heteroatoms. The maximum Gasteiger partial charge on any atom is 0.184 e. The Morgan fingerprint density at radius 3 is 2.62 bits per heavy atom. The number of halogens is 1. The summed E-state index contributed by atoms with van der Waals surface area (Å²) in [4.78, 5) is 0. The van der Waals surface area contributed by atoms with Crippen LogP contribution in [0.1, 0.15) is 11.9 Å². The van der Waals surface area contributed by atoms with Gasteiger partial charge in [0.25, 0.3) is 0 Å². The van der Waals surface area contributed by atoms with Crippen molar-refractivity contribution in [1.82, 2.24) is 0 Å². The van der Waals surface area contributed by atoms with E-state index in [1.165, 1.54) is 0 Å². The first-order valence-electron chi connectivity index (χ1n) is 5.03. The largest absolute Gasteiger partial charge is 0.495 e. The van der Waals surface area contributed by atoms with Crippen molar-refractivity contribution >= 4 is 11.6 Å². The van der Waals surface area contributed by atoms with E-state index in [4.69, 9.17) is 31.5 Å². The third-order valence-electron chi connectivity index (χ3n) is 2.37. The van der Waals surface area contributed by atoms with Crippen molar-refractivity contribution in [3.8, 4) is 5.75 Å². The van der Waals surface area contributed by atoms with Gasteiger partial charge in [0, 0.05) is 5.56 Å². The SMILES string of the molecule is COc1ccc(C2OCC(N)CO2)cc1Cl. The number of hydrogen-bond acceptors (Lipinski definition) is 4. The van der Waals surface area contributed by atoms with Crippen LogP contribution in [0, 0.1) is 0 Å². The van der Waals surface area contributed by atoms with Crippen LogP contribution in [-0.2, 0) is 9.47 Å². The molecule has 1 aliphatic rings. The summed E-state index contributed by atoms with van der Waals surface area (Å²) in [7, 11) is 1.58. The maximum atomic E-state index is 6.02. The quantitative estimate of drug-likeness (QED) is 0.860. The fourth-order valence-electron chi connectivity index (χ4n) is 1.54. The van der Waals surface area contributed by atoms with E-state index < -0.39 is 0 Å². The highest BCUT2D eigenvalue weighted by Gasteiger charge is 2.21. The number of benzene rings is 1. The number of methoxy groups -OCH3 is 1. The highest BCUT2D eigenvalue weighted by atomic mass is 35.5. The first-order chi connectivity index (χ1) is 7.70. The Kier molecular flexibility index (Phi) is 3.66. The van der Waals surface area contributed by atoms with Crippen molar-refractivity contribution in [1.29, 1.82) is 0 Å². The third kappa shape index (κ3) is 2.47. The predicted molar refractivity (Wildman–Crippen MR) is 60.6 cm³/mol. The van der Waals surface area contributed by atoms with Crippen molar-refractivity contribution < 1.29 is 14.2 Å². The van der Waals surface area contributed by atoms with Crippen LogP contribution in [0.5, 0.6) is 5.75 Å². The number of ether oxygens (including phenoxy) is 3. The van der Waals surface area contributed by atoms with Gasteiger partial charge in [0.15, 0.2) is 6.29 Å². The second kappa shape index (κ2) is 5.01. The van der Waals surface area contributed by atoms with Crippen LogP contribution in [0.3, 0.4) is 0 Å². The standard InChI is InChI=1S/C11H14ClNO3/c1-14-10-3-2-7(4-9(10)12)11-15-5-8(13)6-16-11/h2-4,8,11H,5-6,13H2,1H3. The lowest BCUT2D eigenvalue weighted by Gasteiger charge is -2.27. The highest BCUT2D eigenvalue weighted by Crippen LogP contribution is 2.30. The molecule has 0 radical (unpaired) electrons. The summed E-state index contributed by atoms with van der Waals surface area (Å²) in [5.74, 6) is 0.637. The molecule has 16 heavy (non-hydrogen) atoms. The molecule has 0 atom stereocenters. The second-order valence-corrected chi connectivity index (χ2v) is 4.06. The molecule has 0 amide bonds. The molecule has 1 heterocycles. The Morgan fingerprint density at radius 2 is 2.06 bits per heavy atom. The second-order valence-electron chi connectivity index (χ2n) is 3.65. The Balaban J connectivity index is 2.12. The minimum absolute atomic E-state index is 0.0510. The van der Waals surface area contributed by atoms with Gasteiger partial charge in [0.1, 0.15) is 5.75 Å². The summed E-state index contributed by atoms with van der Waals surface area (Å²) in [5.41, 5.74) is 6.53. The molecule has 1 fully saturated rings. The minimum Gasteiger partial charge on any atom is -0.495 e. The maximum absolute atomic E-state index is 6.02. The van der Waals surface area contributed by atoms with E-state index in [1.807, 2.05) is 6.07 Å². The van der Waals surface area contributed by atoms with Crippen LogP contribution in [0.4, 0.5) is 0 Å². The number of hydrogen-bond donors (Lipinski definition) is 1. The van der Waals surface area contributed by atoms with Crippen molar-refractivity contribution in [2.24, 2.45) is 5.73 Å². The lowest BCUT2D eigenvalue weighted by Crippen LogP contribution is -2.37. The fraction of sp³-hybridized carbons (Fsp3) is 0.455. The number of nitrogens with two attached hydrogens (primary N) is 1. The van der Waals surface area contributed by atoms with Gasteiger partial charge in [-0.05, 0) is 12.1 Å². The van der Waals surface area contributed by atoms with E-state index in [0.29, 0.717) is 24.0 Å². The molecule has 2 N–H and O–H groups in total. The summed E-state index contributed by atoms with van der Waals surface area (Å²) in [6, 6.07) is 5.39. The highest BCUT2D eigenvalue weighted by molar-refractivity contribution is 6.32. The zero-order chi connectivity index (χ0) is 11.5. The molecule has 0 saturated carbocycles. The van der Waals surface area contributed by atoms with Gasteiger partial charge in [-0.15, -0.1) is 0 Å². The Bertz CT molecular complexity index is 364. The van der Waals surface area contributed by atoms with Crippen LogP contribution in [0.15, 0.2) is 18.2 Å². The normalized spacial score (nSPS) is 25.4. The van der Waals surface area contributed by atoms with Gasteiger partial charge in [0.2, 0.25) is 0 Å². The van der Waals surface area contributed by atoms with Gasteiger partial charge >= 0.3 is 0 Å². The van der Waals surface area contributed by atoms with Gasteiger partial charge in [-0.25, -0.2) is 0 Å². The van der Waals surface area contributed by atoms with Gasteiger partial charge in [-0.2, -0.15) is 0 Å². The van der Waals surface area contributed by atoms with Crippen molar-refractivity contribution in [2.45, 2.75) is 12.3 Å². The molecular formula is C11H14ClNO3. The van der Waals surface area contributed by atoms with Gasteiger partial charge in [0.05, 0.1) is 31.4 Å². The Labute approximate surface area is 99.2 Å². The molecule has 1 aliphatic heterocycles. The fourth-order valence-corrected chi connectivity index (χ4v) is 1.81. The molecule has 0 bridgehead atoms. The van der Waals surface area contributed by atoms with Crippen molar-refractivity contribution in [2.75, 3.05) is 20.3 Å². The average molecular weight is 244 g/mol. The zero-order valence-corrected chi connectivity index (χ0v) is 9.74. The van der Waals surface area contributed by atoms with E-state index in [-0.39, 0.29) is 12.3 Å². The first-order valence-corrected chi connectivity index (χ1v) is 5.40. The van der Waals surface area contributed by atoms with Crippen molar-refractivity contribution in [3.05, 3.63) is 28.8 Å². The smallest absolute Gasteiger partial charge is 0.184 e. The summed E-state index contributed by atoms with van der Waals surface area (Å²) in [5, 5.41) is 0.544. The molecule has 4 nitrogen and oxygen atoms in total. The van der Waals surface area contributed by atoms with E-state index in [1.54, 1.807) is 19.2 Å². The lowest BCUT2D eigenvalue weighted by molar-refractivity contribution is -0.189. The van der Waals surface area contributed by atoms with Crippen LogP contribution in [0.25, 0.3) is 0 Å². The first kappa shape index (κ1) is 11.7. The number of rotatable bonds is 2. The summed E-state index contributed by atoms with van der Waals surface area (Å²) < 4.78 is 16.0. The van der Waals surface area contributed by atoms with Crippen LogP contribution >= 0.6 is 11.6 Å². The molecule has 0 aromatic heterocycles. The third-order valence-corrected chi connectivity index (χ3v) is 2.67. The molecular weight excluding hydrogens is 230 g/mol. The zero-order valence-electron chi connectivity index (χ0n) is 8.98. The summed E-state index contributed by atoms with van der Waals surface area (Å²) >= 11 is 6.02. The van der Waals surface area contributed by atoms with Crippen molar-refractivity contribution in [3.63, 3.8) is 0 Å². The van der Waals surface area contributed by atoms with Crippen LogP contribution in [0.2, 0.25) is 5.02 Å². The van der Waals surface area contributed by atoms with E-state index in [0.717, 1.165) is 5.56 Å². The lowest BCUT2D eigenvalue weighted by atomic mass is 10.2. The summed E-state index contributed by atoms with van der Waals surface area (Å²) in [6.07, 6.45) is -0.386. The summed E-state index contributed by atoms with van der Waals surface area (Å²) in [6.45, 7) is 0.989. The monoisotopic (exact) mass is 243 g/mol. The molecule has 0 unspecified atom stereocenters. The van der Waals surface area contributed by atoms with E-state index >= 15 is 0 Å². The average Bonchev–Trinajstić information content (AvgIpc) is 2.30. The molecule has 2 rings (SSSR count). The predicted octanol–water partition coefficient (Wildman–Crippen LogP) is 1.72. The minimum atomic E-state index is -0.386. The Morgan fingerprint density at radius 1 is 1.38 bits per heavy atom.